The number of hydrogen-bond donors (Lipinski definition) is 0. The Balaban J connectivity index is 1.04. The van der Waals surface area contributed by atoms with Crippen molar-refractivity contribution in [1.29, 1.82) is 0 Å². The maximum atomic E-state index is 2.92. The molecule has 4 fully saturated rings. The van der Waals surface area contributed by atoms with Crippen LogP contribution in [0.1, 0.15) is 185 Å². The Kier molecular flexibility index (Phi) is 8.45. The number of aryl methyl sites for hydroxylation is 2. The van der Waals surface area contributed by atoms with Crippen LogP contribution in [0.15, 0.2) is 91.0 Å². The van der Waals surface area contributed by atoms with Crippen LogP contribution in [0.3, 0.4) is 0 Å². The second-order valence-electron chi connectivity index (χ2n) is 25.4. The molecule has 358 valence electrons. The molecular formula is C68H65B2N3. The summed E-state index contributed by atoms with van der Waals surface area (Å²) in [5.74, 6) is 2.53. The van der Waals surface area contributed by atoms with Gasteiger partial charge in [0.1, 0.15) is 0 Å². The van der Waals surface area contributed by atoms with Crippen LogP contribution in [0.5, 0.6) is 0 Å². The van der Waals surface area contributed by atoms with Crippen LogP contribution in [-0.4, -0.2) is 27.1 Å². The van der Waals surface area contributed by atoms with E-state index >= 15 is 0 Å². The van der Waals surface area contributed by atoms with E-state index < -0.39 is 0 Å². The third-order valence-electron chi connectivity index (χ3n) is 21.4. The van der Waals surface area contributed by atoms with E-state index in [4.69, 9.17) is 0 Å². The van der Waals surface area contributed by atoms with Crippen molar-refractivity contribution in [1.82, 2.24) is 13.7 Å². The average molecular weight is 946 g/mol. The van der Waals surface area contributed by atoms with Crippen LogP contribution < -0.4 is 32.8 Å². The number of rotatable bonds is 4. The number of fused-ring (bicyclic) bond motifs is 13. The molecule has 0 spiro atoms. The first-order valence-corrected chi connectivity index (χ1v) is 29.6. The SMILES string of the molecule is Cc1ccc2c(c1)c1cc(C)cc3c1n2-c1cc2c4c5c1B3c1cc(C3CCCCC3)cc3c6cc(C7CCCCC7)cc(c6n-5c13)B4c1cc(C3CCCCC3)cc3c4cc(C5CCCCC5)ccc4n-2c13. The van der Waals surface area contributed by atoms with Crippen LogP contribution >= 0.6 is 0 Å². The molecule has 4 saturated carbocycles. The van der Waals surface area contributed by atoms with Gasteiger partial charge in [-0.1, -0.05) is 125 Å². The van der Waals surface area contributed by atoms with Crippen molar-refractivity contribution in [2.45, 2.75) is 166 Å². The predicted molar refractivity (Wildman–Crippen MR) is 312 cm³/mol. The van der Waals surface area contributed by atoms with Gasteiger partial charge in [-0.15, -0.1) is 0 Å². The van der Waals surface area contributed by atoms with Crippen molar-refractivity contribution in [3.8, 4) is 17.1 Å². The van der Waals surface area contributed by atoms with E-state index in [-0.39, 0.29) is 13.4 Å². The quantitative estimate of drug-likeness (QED) is 0.156. The molecule has 3 nitrogen and oxygen atoms in total. The number of benzene rings is 7. The number of hydrogen-bond acceptors (Lipinski definition) is 0. The molecule has 0 radical (unpaired) electrons. The lowest BCUT2D eigenvalue weighted by Gasteiger charge is -2.41. The smallest absolute Gasteiger partial charge is 0.252 e. The highest BCUT2D eigenvalue weighted by Gasteiger charge is 2.50. The maximum absolute atomic E-state index is 2.92. The Bertz CT molecular complexity index is 4110. The molecule has 7 heterocycles. The maximum Gasteiger partial charge on any atom is 0.252 e. The fourth-order valence-corrected chi connectivity index (χ4v) is 18.2. The summed E-state index contributed by atoms with van der Waals surface area (Å²) < 4.78 is 8.52. The summed E-state index contributed by atoms with van der Waals surface area (Å²) in [7, 11) is 0. The van der Waals surface area contributed by atoms with Gasteiger partial charge in [0, 0.05) is 71.4 Å². The number of aromatic nitrogens is 3. The van der Waals surface area contributed by atoms with Crippen molar-refractivity contribution in [3.05, 3.63) is 124 Å². The summed E-state index contributed by atoms with van der Waals surface area (Å²) >= 11 is 0. The summed E-state index contributed by atoms with van der Waals surface area (Å²) in [6, 6.07) is 39.7. The van der Waals surface area contributed by atoms with E-state index in [0.29, 0.717) is 23.7 Å². The third-order valence-corrected chi connectivity index (χ3v) is 21.4. The minimum Gasteiger partial charge on any atom is -0.311 e. The first-order chi connectivity index (χ1) is 36.0. The fourth-order valence-electron chi connectivity index (χ4n) is 18.2. The Morgan fingerprint density at radius 2 is 0.699 bits per heavy atom. The normalized spacial score (nSPS) is 19.6. The van der Waals surface area contributed by atoms with Gasteiger partial charge in [-0.25, -0.2) is 0 Å². The zero-order valence-electron chi connectivity index (χ0n) is 43.1. The lowest BCUT2D eigenvalue weighted by atomic mass is 9.30. The Morgan fingerprint density at radius 1 is 0.329 bits per heavy atom. The van der Waals surface area contributed by atoms with Gasteiger partial charge >= 0.3 is 0 Å². The second kappa shape index (κ2) is 14.9. The van der Waals surface area contributed by atoms with Crippen LogP contribution in [0, 0.1) is 13.8 Å². The molecule has 4 aliphatic carbocycles. The van der Waals surface area contributed by atoms with E-state index in [0.717, 1.165) is 0 Å². The van der Waals surface area contributed by atoms with Gasteiger partial charge in [0.15, 0.2) is 0 Å². The molecule has 73 heavy (non-hydrogen) atoms. The van der Waals surface area contributed by atoms with Gasteiger partial charge in [0.25, 0.3) is 13.4 Å². The molecular weight excluding hydrogens is 880 g/mol. The van der Waals surface area contributed by atoms with Gasteiger partial charge in [-0.3, -0.25) is 0 Å². The third kappa shape index (κ3) is 5.40. The van der Waals surface area contributed by atoms with Gasteiger partial charge in [0.05, 0.1) is 11.0 Å². The monoisotopic (exact) mass is 946 g/mol. The van der Waals surface area contributed by atoms with Crippen molar-refractivity contribution in [2.75, 3.05) is 0 Å². The minimum atomic E-state index is 0.146. The van der Waals surface area contributed by atoms with E-state index in [1.54, 1.807) is 49.6 Å². The first kappa shape index (κ1) is 41.4. The highest BCUT2D eigenvalue weighted by atomic mass is 15.1. The molecule has 0 unspecified atom stereocenters. The lowest BCUT2D eigenvalue weighted by molar-refractivity contribution is 0.444. The molecule has 0 N–H and O–H groups in total. The van der Waals surface area contributed by atoms with Gasteiger partial charge in [0.2, 0.25) is 0 Å². The van der Waals surface area contributed by atoms with Crippen LogP contribution in [0.25, 0.3) is 82.5 Å². The molecule has 4 aliphatic heterocycles. The molecule has 0 bridgehead atoms. The van der Waals surface area contributed by atoms with E-state index in [9.17, 15) is 0 Å². The molecule has 3 aromatic heterocycles. The topological polar surface area (TPSA) is 14.8 Å². The van der Waals surface area contributed by atoms with Crippen LogP contribution in [0.4, 0.5) is 0 Å². The standard InChI is InChI=1S/C68H65B2N3/c1-38-23-25-58-48(27-38)50-28-39(2)29-54-64(50)71(58)60-37-61-63-68-62(60)69(54)56-35-46(42-19-11-5-12-20-42)32-52-53-33-47(43-21-13-6-14-22-43)36-57(67(53)73(68)66(52)56)70(63)55-34-45(41-17-9-4-10-18-41)31-51-49-30-44(40-15-7-3-8-16-40)24-26-59(49)72(61)65(51)55/h23-37,40-43H,3-22H2,1-2H3. The van der Waals surface area contributed by atoms with E-state index in [2.05, 4.69) is 119 Å². The molecule has 8 aliphatic rings. The summed E-state index contributed by atoms with van der Waals surface area (Å²) in [4.78, 5) is 0. The lowest BCUT2D eigenvalue weighted by Crippen LogP contribution is -2.66. The largest absolute Gasteiger partial charge is 0.311 e. The molecule has 0 saturated heterocycles. The molecule has 0 atom stereocenters. The summed E-state index contributed by atoms with van der Waals surface area (Å²) in [6.45, 7) is 4.95. The molecule has 5 heteroatoms. The second-order valence-corrected chi connectivity index (χ2v) is 25.4. The van der Waals surface area contributed by atoms with Crippen LogP contribution in [-0.2, 0) is 0 Å². The number of nitrogens with zero attached hydrogens (tertiary/aromatic N) is 3. The van der Waals surface area contributed by atoms with Crippen molar-refractivity contribution in [2.24, 2.45) is 0 Å². The average Bonchev–Trinajstić information content (AvgIpc) is 4.10. The predicted octanol–water partition coefficient (Wildman–Crippen LogP) is 14.1. The Morgan fingerprint density at radius 3 is 1.19 bits per heavy atom. The molecule has 7 aromatic carbocycles. The molecule has 10 aromatic rings. The van der Waals surface area contributed by atoms with Crippen molar-refractivity contribution >= 4 is 112 Å². The highest BCUT2D eigenvalue weighted by molar-refractivity contribution is 7.04. The zero-order valence-corrected chi connectivity index (χ0v) is 43.1. The van der Waals surface area contributed by atoms with Crippen LogP contribution in [0.2, 0.25) is 0 Å². The summed E-state index contributed by atoms with van der Waals surface area (Å²) in [5, 5.41) is 8.87. The fraction of sp³-hybridized carbons (Fsp3) is 0.382. The Labute approximate surface area is 430 Å². The van der Waals surface area contributed by atoms with Crippen molar-refractivity contribution in [3.63, 3.8) is 0 Å². The minimum absolute atomic E-state index is 0.146. The zero-order chi connectivity index (χ0) is 47.5. The van der Waals surface area contributed by atoms with E-state index in [1.807, 2.05) is 0 Å². The summed E-state index contributed by atoms with van der Waals surface area (Å²) in [6.07, 6.45) is 26.9. The first-order valence-electron chi connectivity index (χ1n) is 29.6. The van der Waals surface area contributed by atoms with E-state index in [1.165, 1.54) is 227 Å². The van der Waals surface area contributed by atoms with Gasteiger partial charge in [-0.05, 0) is 199 Å². The van der Waals surface area contributed by atoms with Gasteiger partial charge in [-0.2, -0.15) is 0 Å². The Hall–Kier alpha value is -5.93. The van der Waals surface area contributed by atoms with Gasteiger partial charge < -0.3 is 13.7 Å². The van der Waals surface area contributed by atoms with Crippen molar-refractivity contribution < 1.29 is 0 Å². The molecule has 18 rings (SSSR count). The highest BCUT2D eigenvalue weighted by Crippen LogP contribution is 2.48. The molecule has 0 amide bonds. The summed E-state index contributed by atoms with van der Waals surface area (Å²) in [5.41, 5.74) is 31.5.